The van der Waals surface area contributed by atoms with Crippen molar-refractivity contribution in [1.82, 2.24) is 5.32 Å². The molecule has 1 amide bonds. The summed E-state index contributed by atoms with van der Waals surface area (Å²) in [5.41, 5.74) is -1.94. The molecule has 1 aliphatic heterocycles. The number of benzene rings is 2. The van der Waals surface area contributed by atoms with Gasteiger partial charge in [-0.25, -0.2) is 13.2 Å². The lowest BCUT2D eigenvalue weighted by Crippen LogP contribution is -2.55. The standard InChI is InChI=1S/C24H26N4O8S2/c1-13(2)10-11-24(26-23(31)32)16-7-5-4-6-15(16)20(29)19(21(24)30)22-25-17-9-8-14(27-37(3,33)34)12-18(17)38(35,36)28-22/h4-9,12-13,26-27,29H,10-11H2,1-3H3,(H,25,28)(H,31,32). The first-order valence-corrected chi connectivity index (χ1v) is 14.8. The van der Waals surface area contributed by atoms with Gasteiger partial charge < -0.3 is 20.8 Å². The maximum absolute atomic E-state index is 14.1. The number of carboxylic acid groups (broad SMARTS) is 1. The lowest BCUT2D eigenvalue weighted by atomic mass is 9.71. The minimum absolute atomic E-state index is 0.0139. The number of sulfonamides is 2. The summed E-state index contributed by atoms with van der Waals surface area (Å²) in [4.78, 5) is 25.6. The van der Waals surface area contributed by atoms with E-state index in [-0.39, 0.29) is 39.7 Å². The Morgan fingerprint density at radius 1 is 1.18 bits per heavy atom. The molecule has 0 radical (unpaired) electrons. The molecular formula is C24H26N4O8S2. The lowest BCUT2D eigenvalue weighted by molar-refractivity contribution is -0.122. The van der Waals surface area contributed by atoms with Crippen molar-refractivity contribution in [1.29, 1.82) is 0 Å². The fourth-order valence-corrected chi connectivity index (χ4v) is 6.23. The number of aliphatic hydroxyl groups excluding tert-OH is 1. The Bertz CT molecular complexity index is 1630. The first-order valence-electron chi connectivity index (χ1n) is 11.5. The number of carbonyl (C=O) groups excluding carboxylic acids is 1. The number of aliphatic hydroxyl groups is 1. The molecule has 0 aromatic heterocycles. The maximum Gasteiger partial charge on any atom is 0.405 e. The van der Waals surface area contributed by atoms with Gasteiger partial charge in [0.05, 0.1) is 11.9 Å². The first kappa shape index (κ1) is 27.1. The lowest BCUT2D eigenvalue weighted by Gasteiger charge is -2.39. The van der Waals surface area contributed by atoms with Crippen molar-refractivity contribution < 1.29 is 36.6 Å². The maximum atomic E-state index is 14.1. The van der Waals surface area contributed by atoms with E-state index in [1.165, 1.54) is 24.3 Å². The highest BCUT2D eigenvalue weighted by Crippen LogP contribution is 2.43. The highest BCUT2D eigenvalue weighted by molar-refractivity contribution is 7.92. The number of ketones is 1. The van der Waals surface area contributed by atoms with Crippen LogP contribution in [0.15, 0.2) is 57.3 Å². The summed E-state index contributed by atoms with van der Waals surface area (Å²) in [6, 6.07) is 9.91. The van der Waals surface area contributed by atoms with Gasteiger partial charge >= 0.3 is 6.09 Å². The van der Waals surface area contributed by atoms with Gasteiger partial charge in [0, 0.05) is 11.3 Å². The highest BCUT2D eigenvalue weighted by atomic mass is 32.2. The number of Topliss-reactive ketones (excluding diaryl/α,β-unsaturated/α-hetero) is 1. The Balaban J connectivity index is 1.89. The summed E-state index contributed by atoms with van der Waals surface area (Å²) < 4.78 is 55.3. The van der Waals surface area contributed by atoms with Crippen LogP contribution in [-0.2, 0) is 30.4 Å². The van der Waals surface area contributed by atoms with E-state index < -0.39 is 54.6 Å². The van der Waals surface area contributed by atoms with E-state index in [0.29, 0.717) is 6.42 Å². The molecule has 1 heterocycles. The van der Waals surface area contributed by atoms with E-state index in [1.807, 2.05) is 13.8 Å². The van der Waals surface area contributed by atoms with E-state index in [0.717, 1.165) is 12.3 Å². The van der Waals surface area contributed by atoms with Crippen molar-refractivity contribution in [3.05, 3.63) is 59.2 Å². The van der Waals surface area contributed by atoms with Crippen molar-refractivity contribution >= 4 is 54.9 Å². The molecule has 202 valence electrons. The van der Waals surface area contributed by atoms with Crippen LogP contribution in [0.4, 0.5) is 16.2 Å². The third-order valence-electron chi connectivity index (χ3n) is 6.17. The number of fused-ring (bicyclic) bond motifs is 2. The molecule has 0 spiro atoms. The second kappa shape index (κ2) is 9.44. The van der Waals surface area contributed by atoms with Crippen LogP contribution in [-0.4, -0.2) is 51.0 Å². The molecule has 5 N–H and O–H groups in total. The quantitative estimate of drug-likeness (QED) is 0.337. The first-order chi connectivity index (χ1) is 17.6. The molecule has 1 atom stereocenters. The molecule has 2 aromatic rings. The van der Waals surface area contributed by atoms with Crippen molar-refractivity contribution in [2.24, 2.45) is 10.3 Å². The summed E-state index contributed by atoms with van der Waals surface area (Å²) in [5, 5.41) is 25.9. The Labute approximate surface area is 219 Å². The summed E-state index contributed by atoms with van der Waals surface area (Å²) in [6.07, 6.45) is -0.0831. The number of carbonyl (C=O) groups is 2. The van der Waals surface area contributed by atoms with Gasteiger partial charge in [-0.3, -0.25) is 9.52 Å². The van der Waals surface area contributed by atoms with Gasteiger partial charge in [-0.05, 0) is 42.5 Å². The smallest absolute Gasteiger partial charge is 0.405 e. The minimum Gasteiger partial charge on any atom is -0.506 e. The predicted molar refractivity (Wildman–Crippen MR) is 141 cm³/mol. The van der Waals surface area contributed by atoms with Gasteiger partial charge in [0.25, 0.3) is 10.0 Å². The van der Waals surface area contributed by atoms with Crippen LogP contribution in [0.25, 0.3) is 5.76 Å². The third kappa shape index (κ3) is 4.96. The molecule has 4 rings (SSSR count). The average Bonchev–Trinajstić information content (AvgIpc) is 2.80. The topological polar surface area (TPSA) is 191 Å². The molecule has 12 nitrogen and oxygen atoms in total. The average molecular weight is 563 g/mol. The van der Waals surface area contributed by atoms with Crippen LogP contribution in [0.2, 0.25) is 0 Å². The van der Waals surface area contributed by atoms with Crippen LogP contribution in [0, 0.1) is 5.92 Å². The van der Waals surface area contributed by atoms with Gasteiger partial charge in [-0.15, -0.1) is 4.40 Å². The van der Waals surface area contributed by atoms with Gasteiger partial charge in [0.1, 0.15) is 21.8 Å². The predicted octanol–water partition coefficient (Wildman–Crippen LogP) is 3.02. The summed E-state index contributed by atoms with van der Waals surface area (Å²) >= 11 is 0. The van der Waals surface area contributed by atoms with Gasteiger partial charge in [-0.1, -0.05) is 38.1 Å². The number of rotatable bonds is 7. The molecule has 0 bridgehead atoms. The van der Waals surface area contributed by atoms with Crippen molar-refractivity contribution in [2.45, 2.75) is 37.1 Å². The molecule has 0 saturated carbocycles. The number of hydrogen-bond donors (Lipinski definition) is 5. The molecular weight excluding hydrogens is 536 g/mol. The Morgan fingerprint density at radius 3 is 2.50 bits per heavy atom. The molecule has 2 aliphatic rings. The molecule has 1 aliphatic carbocycles. The number of anilines is 2. The fourth-order valence-electron chi connectivity index (χ4n) is 4.53. The minimum atomic E-state index is -4.47. The number of amides is 1. The number of nitrogens with zero attached hydrogens (tertiary/aromatic N) is 1. The molecule has 2 aromatic carbocycles. The Hall–Kier alpha value is -3.91. The number of hydrogen-bond acceptors (Lipinski definition) is 8. The van der Waals surface area contributed by atoms with Crippen molar-refractivity contribution in [3.8, 4) is 0 Å². The molecule has 38 heavy (non-hydrogen) atoms. The second-order valence-electron chi connectivity index (χ2n) is 9.49. The molecule has 14 heteroatoms. The van der Waals surface area contributed by atoms with E-state index in [9.17, 15) is 36.6 Å². The van der Waals surface area contributed by atoms with Gasteiger partial charge in [-0.2, -0.15) is 8.42 Å². The van der Waals surface area contributed by atoms with Crippen LogP contribution >= 0.6 is 0 Å². The van der Waals surface area contributed by atoms with E-state index in [4.69, 9.17) is 0 Å². The van der Waals surface area contributed by atoms with Crippen LogP contribution in [0.5, 0.6) is 0 Å². The van der Waals surface area contributed by atoms with E-state index in [1.54, 1.807) is 12.1 Å². The zero-order valence-electron chi connectivity index (χ0n) is 20.6. The highest BCUT2D eigenvalue weighted by Gasteiger charge is 2.50. The Kier molecular flexibility index (Phi) is 6.74. The summed E-state index contributed by atoms with van der Waals surface area (Å²) in [7, 11) is -8.16. The van der Waals surface area contributed by atoms with Crippen LogP contribution in [0.1, 0.15) is 37.8 Å². The molecule has 0 fully saturated rings. The molecule has 1 unspecified atom stereocenters. The van der Waals surface area contributed by atoms with Crippen LogP contribution < -0.4 is 15.4 Å². The second-order valence-corrected chi connectivity index (χ2v) is 12.8. The summed E-state index contributed by atoms with van der Waals surface area (Å²) in [5.74, 6) is -1.81. The van der Waals surface area contributed by atoms with Gasteiger partial charge in [0.15, 0.2) is 11.6 Å². The van der Waals surface area contributed by atoms with E-state index in [2.05, 4.69) is 19.8 Å². The zero-order chi connectivity index (χ0) is 28.0. The largest absolute Gasteiger partial charge is 0.506 e. The normalized spacial score (nSPS) is 20.2. The molecule has 0 saturated heterocycles. The Morgan fingerprint density at radius 2 is 1.87 bits per heavy atom. The fraction of sp³-hybridized carbons (Fsp3) is 0.292. The van der Waals surface area contributed by atoms with Crippen molar-refractivity contribution in [2.75, 3.05) is 16.3 Å². The zero-order valence-corrected chi connectivity index (χ0v) is 22.3. The monoisotopic (exact) mass is 562 g/mol. The third-order valence-corrected chi connectivity index (χ3v) is 8.10. The number of nitrogens with one attached hydrogen (secondary N) is 3. The van der Waals surface area contributed by atoms with Crippen molar-refractivity contribution in [3.63, 3.8) is 0 Å². The summed E-state index contributed by atoms with van der Waals surface area (Å²) in [6.45, 7) is 3.82. The van der Waals surface area contributed by atoms with E-state index >= 15 is 0 Å². The van der Waals surface area contributed by atoms with Crippen LogP contribution in [0.3, 0.4) is 0 Å². The van der Waals surface area contributed by atoms with Gasteiger partial charge in [0.2, 0.25) is 10.0 Å². The number of amidine groups is 1. The SMILES string of the molecule is CC(C)CCC1(NC(=O)O)C(=O)C(C2=NS(=O)(=O)c3cc(NS(C)(=O)=O)ccc3N2)=C(O)c2ccccc21.